The van der Waals surface area contributed by atoms with Crippen LogP contribution in [0.4, 0.5) is 5.69 Å². The number of nitrogens with zero attached hydrogens (tertiary/aromatic N) is 2. The standard InChI is InChI=1S/C18H14BrClN2O/c1-23-18-8-7-14(11-17(18)20)21-12-16-6-3-9-22(16)15-5-2-4-13(19)10-15/h2-12H,1H3. The summed E-state index contributed by atoms with van der Waals surface area (Å²) < 4.78 is 8.25. The topological polar surface area (TPSA) is 26.5 Å². The first-order valence-corrected chi connectivity index (χ1v) is 8.15. The fourth-order valence-electron chi connectivity index (χ4n) is 2.24. The van der Waals surface area contributed by atoms with Gasteiger partial charge < -0.3 is 9.30 Å². The van der Waals surface area contributed by atoms with Crippen molar-refractivity contribution >= 4 is 39.4 Å². The lowest BCUT2D eigenvalue weighted by atomic mass is 10.3. The number of ether oxygens (including phenoxy) is 1. The first-order chi connectivity index (χ1) is 11.2. The van der Waals surface area contributed by atoms with Crippen LogP contribution in [0, 0.1) is 0 Å². The third-order valence-corrected chi connectivity index (χ3v) is 4.14. The highest BCUT2D eigenvalue weighted by Crippen LogP contribution is 2.28. The van der Waals surface area contributed by atoms with Gasteiger partial charge in [0.25, 0.3) is 0 Å². The SMILES string of the molecule is COc1ccc(N=Cc2cccn2-c2cccc(Br)c2)cc1Cl. The minimum atomic E-state index is 0.546. The van der Waals surface area contributed by atoms with Crippen molar-refractivity contribution in [2.75, 3.05) is 7.11 Å². The second-order valence-corrected chi connectivity index (χ2v) is 6.18. The molecule has 3 rings (SSSR count). The van der Waals surface area contributed by atoms with Crippen LogP contribution in [0.25, 0.3) is 5.69 Å². The molecule has 0 saturated heterocycles. The van der Waals surface area contributed by atoms with Crippen LogP contribution in [0.15, 0.2) is 70.3 Å². The average Bonchev–Trinajstić information content (AvgIpc) is 3.01. The second-order valence-electron chi connectivity index (χ2n) is 4.86. The molecule has 3 nitrogen and oxygen atoms in total. The van der Waals surface area contributed by atoms with Gasteiger partial charge in [-0.3, -0.25) is 4.99 Å². The first kappa shape index (κ1) is 15.8. The summed E-state index contributed by atoms with van der Waals surface area (Å²) in [7, 11) is 1.59. The van der Waals surface area contributed by atoms with Crippen molar-refractivity contribution in [2.45, 2.75) is 0 Å². The van der Waals surface area contributed by atoms with Gasteiger partial charge in [-0.15, -0.1) is 0 Å². The molecule has 0 bridgehead atoms. The molecule has 0 aliphatic heterocycles. The minimum Gasteiger partial charge on any atom is -0.495 e. The maximum absolute atomic E-state index is 6.13. The molecule has 0 spiro atoms. The van der Waals surface area contributed by atoms with Crippen LogP contribution in [0.3, 0.4) is 0 Å². The molecule has 2 aromatic carbocycles. The number of aliphatic imine (C=N–C) groups is 1. The third kappa shape index (κ3) is 3.66. The Hall–Kier alpha value is -2.04. The van der Waals surface area contributed by atoms with Crippen LogP contribution >= 0.6 is 27.5 Å². The van der Waals surface area contributed by atoms with Crippen LogP contribution in [0.1, 0.15) is 5.69 Å². The monoisotopic (exact) mass is 388 g/mol. The van der Waals surface area contributed by atoms with Crippen LogP contribution in [0.5, 0.6) is 5.75 Å². The zero-order chi connectivity index (χ0) is 16.2. The van der Waals surface area contributed by atoms with Crippen molar-refractivity contribution < 1.29 is 4.74 Å². The molecule has 0 unspecified atom stereocenters. The summed E-state index contributed by atoms with van der Waals surface area (Å²) in [6, 6.07) is 17.6. The number of benzene rings is 2. The van der Waals surface area contributed by atoms with Crippen molar-refractivity contribution in [1.29, 1.82) is 0 Å². The molecule has 1 heterocycles. The molecule has 0 atom stereocenters. The van der Waals surface area contributed by atoms with E-state index in [0.29, 0.717) is 10.8 Å². The average molecular weight is 390 g/mol. The molecular formula is C18H14BrClN2O. The summed E-state index contributed by atoms with van der Waals surface area (Å²) in [5.41, 5.74) is 2.83. The number of methoxy groups -OCH3 is 1. The Morgan fingerprint density at radius 3 is 2.74 bits per heavy atom. The smallest absolute Gasteiger partial charge is 0.137 e. The number of hydrogen-bond acceptors (Lipinski definition) is 2. The van der Waals surface area contributed by atoms with Crippen LogP contribution in [0.2, 0.25) is 5.02 Å². The lowest BCUT2D eigenvalue weighted by molar-refractivity contribution is 0.415. The predicted molar refractivity (Wildman–Crippen MR) is 98.7 cm³/mol. The van der Waals surface area contributed by atoms with E-state index in [1.54, 1.807) is 13.2 Å². The van der Waals surface area contributed by atoms with Crippen molar-refractivity contribution in [2.24, 2.45) is 4.99 Å². The Bertz CT molecular complexity index is 858. The molecule has 0 aliphatic carbocycles. The van der Waals surface area contributed by atoms with Gasteiger partial charge in [-0.05, 0) is 48.5 Å². The Morgan fingerprint density at radius 2 is 2.00 bits per heavy atom. The minimum absolute atomic E-state index is 0.546. The Morgan fingerprint density at radius 1 is 1.13 bits per heavy atom. The first-order valence-electron chi connectivity index (χ1n) is 6.98. The Labute approximate surface area is 148 Å². The highest BCUT2D eigenvalue weighted by atomic mass is 79.9. The van der Waals surface area contributed by atoms with Crippen molar-refractivity contribution in [3.8, 4) is 11.4 Å². The molecule has 0 saturated carbocycles. The van der Waals surface area contributed by atoms with Gasteiger partial charge in [0, 0.05) is 16.4 Å². The largest absolute Gasteiger partial charge is 0.495 e. The molecule has 116 valence electrons. The maximum atomic E-state index is 6.13. The highest BCUT2D eigenvalue weighted by Gasteiger charge is 2.03. The van der Waals surface area contributed by atoms with Gasteiger partial charge in [0.2, 0.25) is 0 Å². The lowest BCUT2D eigenvalue weighted by Crippen LogP contribution is -1.97. The summed E-state index contributed by atoms with van der Waals surface area (Å²) in [6.07, 6.45) is 3.82. The third-order valence-electron chi connectivity index (χ3n) is 3.35. The Balaban J connectivity index is 1.89. The number of halogens is 2. The molecule has 0 N–H and O–H groups in total. The van der Waals surface area contributed by atoms with E-state index in [0.717, 1.165) is 21.5 Å². The molecule has 5 heteroatoms. The van der Waals surface area contributed by atoms with E-state index in [-0.39, 0.29) is 0 Å². The van der Waals surface area contributed by atoms with Gasteiger partial charge in [0.15, 0.2) is 0 Å². The summed E-state index contributed by atoms with van der Waals surface area (Å²) >= 11 is 9.62. The van der Waals surface area contributed by atoms with Crippen LogP contribution in [-0.4, -0.2) is 17.9 Å². The van der Waals surface area contributed by atoms with E-state index in [2.05, 4.69) is 31.6 Å². The van der Waals surface area contributed by atoms with Gasteiger partial charge in [-0.1, -0.05) is 33.6 Å². The maximum Gasteiger partial charge on any atom is 0.137 e. The number of aromatic nitrogens is 1. The summed E-state index contributed by atoms with van der Waals surface area (Å²) in [6.45, 7) is 0. The molecule has 23 heavy (non-hydrogen) atoms. The zero-order valence-corrected chi connectivity index (χ0v) is 14.8. The van der Waals surface area contributed by atoms with Gasteiger partial charge in [-0.2, -0.15) is 0 Å². The van der Waals surface area contributed by atoms with E-state index in [1.165, 1.54) is 0 Å². The van der Waals surface area contributed by atoms with E-state index in [4.69, 9.17) is 16.3 Å². The molecule has 3 aromatic rings. The molecule has 0 fully saturated rings. The molecule has 0 radical (unpaired) electrons. The van der Waals surface area contributed by atoms with Gasteiger partial charge >= 0.3 is 0 Å². The molecule has 1 aromatic heterocycles. The van der Waals surface area contributed by atoms with Crippen molar-refractivity contribution in [3.63, 3.8) is 0 Å². The fourth-order valence-corrected chi connectivity index (χ4v) is 2.88. The van der Waals surface area contributed by atoms with Crippen LogP contribution < -0.4 is 4.74 Å². The Kier molecular flexibility index (Phi) is 4.84. The zero-order valence-electron chi connectivity index (χ0n) is 12.4. The predicted octanol–water partition coefficient (Wildman–Crippen LogP) is 5.65. The summed E-state index contributed by atoms with van der Waals surface area (Å²) in [5, 5.41) is 0.546. The van der Waals surface area contributed by atoms with E-state index >= 15 is 0 Å². The summed E-state index contributed by atoms with van der Waals surface area (Å²) in [5.74, 6) is 0.642. The fraction of sp³-hybridized carbons (Fsp3) is 0.0556. The van der Waals surface area contributed by atoms with Crippen LogP contribution in [-0.2, 0) is 0 Å². The quantitative estimate of drug-likeness (QED) is 0.529. The molecular weight excluding hydrogens is 376 g/mol. The van der Waals surface area contributed by atoms with Crippen molar-refractivity contribution in [3.05, 3.63) is 76.0 Å². The van der Waals surface area contributed by atoms with Gasteiger partial charge in [0.1, 0.15) is 5.75 Å². The van der Waals surface area contributed by atoms with Gasteiger partial charge in [0.05, 0.1) is 29.7 Å². The van der Waals surface area contributed by atoms with Gasteiger partial charge in [-0.25, -0.2) is 0 Å². The number of rotatable bonds is 4. The second kappa shape index (κ2) is 7.02. The van der Waals surface area contributed by atoms with Crippen molar-refractivity contribution in [1.82, 2.24) is 4.57 Å². The summed E-state index contributed by atoms with van der Waals surface area (Å²) in [4.78, 5) is 4.50. The number of hydrogen-bond donors (Lipinski definition) is 0. The van der Waals surface area contributed by atoms with E-state index in [1.807, 2.05) is 54.9 Å². The molecule has 0 aliphatic rings. The van der Waals surface area contributed by atoms with E-state index in [9.17, 15) is 0 Å². The molecule has 0 amide bonds. The highest BCUT2D eigenvalue weighted by molar-refractivity contribution is 9.10. The normalized spacial score (nSPS) is 11.1. The lowest BCUT2D eigenvalue weighted by Gasteiger charge is -2.07. The van der Waals surface area contributed by atoms with E-state index < -0.39 is 0 Å².